The smallest absolute Gasteiger partial charge is 0.0422 e. The summed E-state index contributed by atoms with van der Waals surface area (Å²) in [7, 11) is 0. The van der Waals surface area contributed by atoms with Crippen LogP contribution in [0.3, 0.4) is 0 Å². The van der Waals surface area contributed by atoms with Crippen LogP contribution in [0.5, 0.6) is 0 Å². The van der Waals surface area contributed by atoms with Gasteiger partial charge in [-0.15, -0.1) is 0 Å². The van der Waals surface area contributed by atoms with Gasteiger partial charge in [0.2, 0.25) is 0 Å². The van der Waals surface area contributed by atoms with Crippen molar-refractivity contribution in [1.82, 2.24) is 0 Å². The van der Waals surface area contributed by atoms with Gasteiger partial charge in [0.15, 0.2) is 0 Å². The Morgan fingerprint density at radius 2 is 1.12 bits per heavy atom. The quantitative estimate of drug-likeness (QED) is 0.529. The van der Waals surface area contributed by atoms with Crippen LogP contribution >= 0.6 is 0 Å². The molecule has 52 valence electrons. The Balaban J connectivity index is 0. The minimum atomic E-state index is 0. The molecule has 0 heterocycles. The van der Waals surface area contributed by atoms with Crippen molar-refractivity contribution in [3.63, 3.8) is 0 Å². The van der Waals surface area contributed by atoms with Crippen molar-refractivity contribution in [2.75, 3.05) is 0 Å². The third kappa shape index (κ3) is 4.17. The minimum absolute atomic E-state index is 0. The Morgan fingerprint density at radius 3 is 1.12 bits per heavy atom. The molecule has 0 heteroatoms. The molecule has 0 fully saturated rings. The molecule has 0 aliphatic heterocycles. The van der Waals surface area contributed by atoms with Crippen molar-refractivity contribution >= 4 is 0 Å². The average molecular weight is 116 g/mol. The number of hydrogen-bond donors (Lipinski definition) is 0. The predicted molar refractivity (Wildman–Crippen MR) is 41.1 cm³/mol. The molecule has 0 bridgehead atoms. The van der Waals surface area contributed by atoms with E-state index in [-0.39, 0.29) is 7.43 Å². The lowest BCUT2D eigenvalue weighted by atomic mass is 10.0. The van der Waals surface area contributed by atoms with Crippen molar-refractivity contribution in [2.24, 2.45) is 5.92 Å². The SMILES string of the molecule is C.CCC(CC)CC. The molecule has 0 amide bonds. The van der Waals surface area contributed by atoms with E-state index in [1.54, 1.807) is 0 Å². The molecule has 0 unspecified atom stereocenters. The molecule has 0 N–H and O–H groups in total. The third-order valence-electron chi connectivity index (χ3n) is 1.73. The Hall–Kier alpha value is 0. The van der Waals surface area contributed by atoms with Crippen LogP contribution in [-0.2, 0) is 0 Å². The van der Waals surface area contributed by atoms with Crippen LogP contribution in [0.4, 0.5) is 0 Å². The molecule has 0 aromatic rings. The van der Waals surface area contributed by atoms with E-state index in [1.807, 2.05) is 0 Å². The highest BCUT2D eigenvalue weighted by Gasteiger charge is 1.95. The Labute approximate surface area is 54.3 Å². The molecule has 0 spiro atoms. The molecular weight excluding hydrogens is 96.1 g/mol. The normalized spacial score (nSPS) is 9.00. The second-order valence-corrected chi connectivity index (χ2v) is 2.09. The van der Waals surface area contributed by atoms with E-state index in [2.05, 4.69) is 20.8 Å². The third-order valence-corrected chi connectivity index (χ3v) is 1.73. The van der Waals surface area contributed by atoms with Crippen LogP contribution in [0.15, 0.2) is 0 Å². The summed E-state index contributed by atoms with van der Waals surface area (Å²) in [6, 6.07) is 0. The first kappa shape index (κ1) is 10.9. The molecule has 0 saturated carbocycles. The summed E-state index contributed by atoms with van der Waals surface area (Å²) < 4.78 is 0. The zero-order valence-electron chi connectivity index (χ0n) is 5.70. The predicted octanol–water partition coefficient (Wildman–Crippen LogP) is 3.47. The lowest BCUT2D eigenvalue weighted by Crippen LogP contribution is -1.91. The average Bonchev–Trinajstić information content (AvgIpc) is 1.72. The van der Waals surface area contributed by atoms with Crippen molar-refractivity contribution in [3.05, 3.63) is 0 Å². The van der Waals surface area contributed by atoms with E-state index < -0.39 is 0 Å². The summed E-state index contributed by atoms with van der Waals surface area (Å²) in [6.07, 6.45) is 4.06. The first-order chi connectivity index (χ1) is 3.35. The van der Waals surface area contributed by atoms with E-state index >= 15 is 0 Å². The molecule has 0 aromatic heterocycles. The minimum Gasteiger partial charge on any atom is -0.0776 e. The standard InChI is InChI=1S/C7H16.CH4/c1-4-7(5-2)6-3;/h7H,4-6H2,1-3H3;1H4. The van der Waals surface area contributed by atoms with Gasteiger partial charge < -0.3 is 0 Å². The fourth-order valence-electron chi connectivity index (χ4n) is 0.866. The molecule has 0 aliphatic rings. The zero-order valence-corrected chi connectivity index (χ0v) is 5.70. The van der Waals surface area contributed by atoms with Crippen LogP contribution in [-0.4, -0.2) is 0 Å². The summed E-state index contributed by atoms with van der Waals surface area (Å²) in [4.78, 5) is 0. The van der Waals surface area contributed by atoms with Gasteiger partial charge in [0.1, 0.15) is 0 Å². The van der Waals surface area contributed by atoms with E-state index in [4.69, 9.17) is 0 Å². The Kier molecular flexibility index (Phi) is 9.53. The van der Waals surface area contributed by atoms with Gasteiger partial charge >= 0.3 is 0 Å². The highest BCUT2D eigenvalue weighted by Crippen LogP contribution is 2.09. The van der Waals surface area contributed by atoms with Crippen LogP contribution in [0.1, 0.15) is 47.5 Å². The molecule has 0 aliphatic carbocycles. The molecule has 0 aromatic carbocycles. The van der Waals surface area contributed by atoms with Gasteiger partial charge in [0.05, 0.1) is 0 Å². The first-order valence-electron chi connectivity index (χ1n) is 3.35. The monoisotopic (exact) mass is 116 g/mol. The van der Waals surface area contributed by atoms with Crippen LogP contribution in [0, 0.1) is 5.92 Å². The van der Waals surface area contributed by atoms with Gasteiger partial charge in [0, 0.05) is 0 Å². The van der Waals surface area contributed by atoms with E-state index in [0.717, 1.165) is 5.92 Å². The van der Waals surface area contributed by atoms with E-state index in [9.17, 15) is 0 Å². The number of rotatable bonds is 3. The Morgan fingerprint density at radius 1 is 0.875 bits per heavy atom. The van der Waals surface area contributed by atoms with Crippen molar-refractivity contribution in [2.45, 2.75) is 47.5 Å². The van der Waals surface area contributed by atoms with Crippen LogP contribution in [0.25, 0.3) is 0 Å². The second kappa shape index (κ2) is 7.00. The van der Waals surface area contributed by atoms with Gasteiger partial charge in [-0.3, -0.25) is 0 Å². The van der Waals surface area contributed by atoms with Gasteiger partial charge in [-0.05, 0) is 5.92 Å². The molecule has 0 rings (SSSR count). The van der Waals surface area contributed by atoms with Gasteiger partial charge in [-0.25, -0.2) is 0 Å². The lowest BCUT2D eigenvalue weighted by Gasteiger charge is -2.05. The van der Waals surface area contributed by atoms with Crippen molar-refractivity contribution in [1.29, 1.82) is 0 Å². The van der Waals surface area contributed by atoms with Crippen LogP contribution in [0.2, 0.25) is 0 Å². The second-order valence-electron chi connectivity index (χ2n) is 2.09. The van der Waals surface area contributed by atoms with Gasteiger partial charge in [-0.2, -0.15) is 0 Å². The summed E-state index contributed by atoms with van der Waals surface area (Å²) >= 11 is 0. The summed E-state index contributed by atoms with van der Waals surface area (Å²) in [5.74, 6) is 0.986. The molecule has 0 nitrogen and oxygen atoms in total. The highest BCUT2D eigenvalue weighted by atomic mass is 14.0. The summed E-state index contributed by atoms with van der Waals surface area (Å²) in [5.41, 5.74) is 0. The van der Waals surface area contributed by atoms with Crippen molar-refractivity contribution < 1.29 is 0 Å². The fourth-order valence-corrected chi connectivity index (χ4v) is 0.866. The fraction of sp³-hybridized carbons (Fsp3) is 1.00. The van der Waals surface area contributed by atoms with Crippen LogP contribution < -0.4 is 0 Å². The van der Waals surface area contributed by atoms with Crippen molar-refractivity contribution in [3.8, 4) is 0 Å². The molecule has 8 heavy (non-hydrogen) atoms. The van der Waals surface area contributed by atoms with Gasteiger partial charge in [-0.1, -0.05) is 47.5 Å². The zero-order chi connectivity index (χ0) is 5.70. The molecule has 0 atom stereocenters. The highest BCUT2D eigenvalue weighted by molar-refractivity contribution is 4.48. The Bertz CT molecular complexity index is 21.5. The van der Waals surface area contributed by atoms with E-state index in [1.165, 1.54) is 19.3 Å². The maximum absolute atomic E-state index is 2.26. The maximum Gasteiger partial charge on any atom is -0.0422 e. The molecule has 0 saturated heterocycles. The first-order valence-corrected chi connectivity index (χ1v) is 3.35. The summed E-state index contributed by atoms with van der Waals surface area (Å²) in [6.45, 7) is 6.78. The maximum atomic E-state index is 2.26. The number of hydrogen-bond acceptors (Lipinski definition) is 0. The molecule has 0 radical (unpaired) electrons. The van der Waals surface area contributed by atoms with E-state index in [0.29, 0.717) is 0 Å². The summed E-state index contributed by atoms with van der Waals surface area (Å²) in [5, 5.41) is 0. The topological polar surface area (TPSA) is 0 Å². The largest absolute Gasteiger partial charge is 0.0776 e. The molecular formula is C8H20. The lowest BCUT2D eigenvalue weighted by molar-refractivity contribution is 0.477. The van der Waals surface area contributed by atoms with Gasteiger partial charge in [0.25, 0.3) is 0 Å².